The minimum atomic E-state index is -0.859. The first-order chi connectivity index (χ1) is 9.60. The molecule has 102 valence electrons. The second-order valence-corrected chi connectivity index (χ2v) is 4.31. The zero-order valence-corrected chi connectivity index (χ0v) is 10.9. The van der Waals surface area contributed by atoms with Gasteiger partial charge in [-0.05, 0) is 36.8 Å². The molecule has 4 nitrogen and oxygen atoms in total. The van der Waals surface area contributed by atoms with E-state index in [4.69, 9.17) is 10.00 Å². The number of pyridine rings is 1. The third-order valence-corrected chi connectivity index (χ3v) is 2.77. The van der Waals surface area contributed by atoms with Gasteiger partial charge in [0, 0.05) is 17.8 Å². The van der Waals surface area contributed by atoms with Crippen LogP contribution in [0.15, 0.2) is 36.5 Å². The molecule has 20 heavy (non-hydrogen) atoms. The summed E-state index contributed by atoms with van der Waals surface area (Å²) in [5.41, 5.74) is 1.31. The molecule has 5 heteroatoms. The van der Waals surface area contributed by atoms with Gasteiger partial charge in [-0.15, -0.1) is 0 Å². The lowest BCUT2D eigenvalue weighted by atomic mass is 10.1. The highest BCUT2D eigenvalue weighted by molar-refractivity contribution is 5.31. The van der Waals surface area contributed by atoms with Crippen molar-refractivity contribution < 1.29 is 14.2 Å². The molecule has 2 rings (SSSR count). The van der Waals surface area contributed by atoms with Gasteiger partial charge in [-0.25, -0.2) is 9.37 Å². The van der Waals surface area contributed by atoms with Gasteiger partial charge in [-0.1, -0.05) is 0 Å². The molecule has 0 aliphatic rings. The number of nitriles is 1. The predicted molar refractivity (Wildman–Crippen MR) is 70.3 cm³/mol. The van der Waals surface area contributed by atoms with Crippen molar-refractivity contribution in [3.05, 3.63) is 59.2 Å². The average molecular weight is 272 g/mol. The Morgan fingerprint density at radius 3 is 2.85 bits per heavy atom. The van der Waals surface area contributed by atoms with Gasteiger partial charge in [0.05, 0.1) is 6.10 Å². The van der Waals surface area contributed by atoms with Crippen LogP contribution in [0.25, 0.3) is 0 Å². The number of aliphatic hydroxyl groups excluding tert-OH is 1. The molecule has 1 N–H and O–H groups in total. The van der Waals surface area contributed by atoms with Crippen molar-refractivity contribution in [2.24, 2.45) is 0 Å². The van der Waals surface area contributed by atoms with E-state index in [1.165, 1.54) is 25.3 Å². The van der Waals surface area contributed by atoms with Crippen LogP contribution < -0.4 is 4.74 Å². The largest absolute Gasteiger partial charge is 0.489 e. The van der Waals surface area contributed by atoms with E-state index in [2.05, 4.69) is 4.98 Å². The first-order valence-electron chi connectivity index (χ1n) is 6.05. The fourth-order valence-corrected chi connectivity index (χ4v) is 1.73. The quantitative estimate of drug-likeness (QED) is 0.929. The molecule has 0 saturated carbocycles. The molecular formula is C15H13FN2O2. The van der Waals surface area contributed by atoms with Crippen LogP contribution in [0.1, 0.15) is 29.8 Å². The van der Waals surface area contributed by atoms with E-state index in [1.54, 1.807) is 18.2 Å². The summed E-state index contributed by atoms with van der Waals surface area (Å²) in [6.45, 7) is 1.71. The van der Waals surface area contributed by atoms with Crippen LogP contribution in [0.2, 0.25) is 0 Å². The number of rotatable bonds is 4. The number of halogens is 1. The van der Waals surface area contributed by atoms with Crippen LogP contribution in [0, 0.1) is 17.1 Å². The van der Waals surface area contributed by atoms with Crippen molar-refractivity contribution in [1.82, 2.24) is 4.98 Å². The van der Waals surface area contributed by atoms with Crippen LogP contribution in [0.4, 0.5) is 4.39 Å². The number of aliphatic hydroxyl groups is 1. The third kappa shape index (κ3) is 3.31. The number of hydrogen-bond donors (Lipinski definition) is 1. The highest BCUT2D eigenvalue weighted by atomic mass is 19.1. The molecule has 0 radical (unpaired) electrons. The van der Waals surface area contributed by atoms with Crippen molar-refractivity contribution in [2.75, 3.05) is 0 Å². The lowest BCUT2D eigenvalue weighted by molar-refractivity contribution is 0.194. The van der Waals surface area contributed by atoms with Gasteiger partial charge >= 0.3 is 0 Å². The fraction of sp³-hybridized carbons (Fsp3) is 0.200. The van der Waals surface area contributed by atoms with E-state index >= 15 is 0 Å². The minimum absolute atomic E-state index is 0.213. The Bertz CT molecular complexity index is 651. The molecule has 0 spiro atoms. The maximum absolute atomic E-state index is 13.7. The Kier molecular flexibility index (Phi) is 4.28. The van der Waals surface area contributed by atoms with Crippen molar-refractivity contribution in [3.8, 4) is 11.8 Å². The van der Waals surface area contributed by atoms with Crippen molar-refractivity contribution in [3.63, 3.8) is 0 Å². The monoisotopic (exact) mass is 272 g/mol. The van der Waals surface area contributed by atoms with Gasteiger partial charge in [-0.2, -0.15) is 5.26 Å². The minimum Gasteiger partial charge on any atom is -0.489 e. The molecule has 0 aliphatic heterocycles. The van der Waals surface area contributed by atoms with Crippen molar-refractivity contribution in [2.45, 2.75) is 19.6 Å². The normalized spacial score (nSPS) is 11.7. The Morgan fingerprint density at radius 1 is 1.40 bits per heavy atom. The summed E-state index contributed by atoms with van der Waals surface area (Å²) in [5, 5.41) is 18.1. The Morgan fingerprint density at radius 2 is 2.20 bits per heavy atom. The summed E-state index contributed by atoms with van der Waals surface area (Å²) < 4.78 is 19.1. The van der Waals surface area contributed by atoms with E-state index < -0.39 is 11.9 Å². The lowest BCUT2D eigenvalue weighted by Gasteiger charge is -2.10. The van der Waals surface area contributed by atoms with Gasteiger partial charge < -0.3 is 9.84 Å². The second kappa shape index (κ2) is 6.13. The molecule has 1 heterocycles. The maximum atomic E-state index is 13.7. The molecule has 0 fully saturated rings. The topological polar surface area (TPSA) is 66.1 Å². The summed E-state index contributed by atoms with van der Waals surface area (Å²) >= 11 is 0. The molecule has 0 amide bonds. The zero-order chi connectivity index (χ0) is 14.5. The molecular weight excluding hydrogens is 259 g/mol. The van der Waals surface area contributed by atoms with Crippen LogP contribution in [0.3, 0.4) is 0 Å². The Balaban J connectivity index is 2.07. The second-order valence-electron chi connectivity index (χ2n) is 4.31. The van der Waals surface area contributed by atoms with E-state index in [-0.39, 0.29) is 12.2 Å². The van der Waals surface area contributed by atoms with Gasteiger partial charge in [0.2, 0.25) is 0 Å². The summed E-state index contributed by atoms with van der Waals surface area (Å²) in [5.74, 6) is -0.146. The van der Waals surface area contributed by atoms with Crippen molar-refractivity contribution >= 4 is 0 Å². The van der Waals surface area contributed by atoms with E-state index in [9.17, 15) is 9.50 Å². The molecule has 1 aromatic heterocycles. The summed E-state index contributed by atoms with van der Waals surface area (Å²) in [7, 11) is 0. The SMILES string of the molecule is C[C@H](O)c1ccc(OCc2ccnc(C#N)c2)cc1F. The molecule has 0 saturated heterocycles. The number of benzene rings is 1. The lowest BCUT2D eigenvalue weighted by Crippen LogP contribution is -2.00. The zero-order valence-electron chi connectivity index (χ0n) is 10.9. The first-order valence-corrected chi connectivity index (χ1v) is 6.05. The number of aromatic nitrogens is 1. The number of ether oxygens (including phenoxy) is 1. The predicted octanol–water partition coefficient (Wildman–Crippen LogP) is 2.72. The summed E-state index contributed by atoms with van der Waals surface area (Å²) in [6, 6.07) is 9.59. The smallest absolute Gasteiger partial charge is 0.140 e. The highest BCUT2D eigenvalue weighted by Gasteiger charge is 2.09. The van der Waals surface area contributed by atoms with Gasteiger partial charge in [0.1, 0.15) is 29.9 Å². The third-order valence-electron chi connectivity index (χ3n) is 2.77. The van der Waals surface area contributed by atoms with E-state index in [0.717, 1.165) is 5.56 Å². The molecule has 0 bridgehead atoms. The number of nitrogens with zero attached hydrogens (tertiary/aromatic N) is 2. The molecule has 0 unspecified atom stereocenters. The average Bonchev–Trinajstić information content (AvgIpc) is 2.45. The van der Waals surface area contributed by atoms with E-state index in [0.29, 0.717) is 11.4 Å². The van der Waals surface area contributed by atoms with E-state index in [1.807, 2.05) is 6.07 Å². The highest BCUT2D eigenvalue weighted by Crippen LogP contribution is 2.22. The van der Waals surface area contributed by atoms with Crippen LogP contribution >= 0.6 is 0 Å². The van der Waals surface area contributed by atoms with Gasteiger partial charge in [-0.3, -0.25) is 0 Å². The molecule has 1 atom stereocenters. The fourth-order valence-electron chi connectivity index (χ4n) is 1.73. The Labute approximate surface area is 116 Å². The summed E-state index contributed by atoms with van der Waals surface area (Å²) in [6.07, 6.45) is 0.663. The van der Waals surface area contributed by atoms with Gasteiger partial charge in [0.15, 0.2) is 0 Å². The van der Waals surface area contributed by atoms with Crippen molar-refractivity contribution in [1.29, 1.82) is 5.26 Å². The molecule has 2 aromatic rings. The number of hydrogen-bond acceptors (Lipinski definition) is 4. The van der Waals surface area contributed by atoms with Gasteiger partial charge in [0.25, 0.3) is 0 Å². The maximum Gasteiger partial charge on any atom is 0.140 e. The van der Waals surface area contributed by atoms with Crippen LogP contribution in [-0.4, -0.2) is 10.1 Å². The molecule has 0 aliphatic carbocycles. The van der Waals surface area contributed by atoms with Crippen LogP contribution in [-0.2, 0) is 6.61 Å². The standard InChI is InChI=1S/C15H13FN2O2/c1-10(19)14-3-2-13(7-15(14)16)20-9-11-4-5-18-12(6-11)8-17/h2-7,10,19H,9H2,1H3/t10-/m0/s1. The first kappa shape index (κ1) is 14.0. The summed E-state index contributed by atoms with van der Waals surface area (Å²) in [4.78, 5) is 3.85. The Hall–Kier alpha value is -2.45. The molecule has 1 aromatic carbocycles. The van der Waals surface area contributed by atoms with Crippen LogP contribution in [0.5, 0.6) is 5.75 Å².